The molecule has 0 radical (unpaired) electrons. The van der Waals surface area contributed by atoms with Gasteiger partial charge in [-0.3, -0.25) is 0 Å². The highest BCUT2D eigenvalue weighted by Crippen LogP contribution is 2.30. The largest absolute Gasteiger partial charge is 0.573 e. The molecule has 0 N–H and O–H groups in total. The minimum Gasteiger partial charge on any atom is -0.494 e. The van der Waals surface area contributed by atoms with Crippen LogP contribution >= 0.6 is 0 Å². The molecule has 0 aromatic heterocycles. The van der Waals surface area contributed by atoms with Crippen LogP contribution in [0.4, 0.5) is 30.7 Å². The first-order valence-corrected chi connectivity index (χ1v) is 12.4. The molecule has 2 nitrogen and oxygen atoms in total. The summed E-state index contributed by atoms with van der Waals surface area (Å²) in [7, 11) is 0. The summed E-state index contributed by atoms with van der Waals surface area (Å²) in [6, 6.07) is 14.8. The molecule has 4 aromatic rings. The maximum absolute atomic E-state index is 15.2. The monoisotopic (exact) mass is 550 g/mol. The molecule has 4 aromatic carbocycles. The van der Waals surface area contributed by atoms with Crippen molar-refractivity contribution in [2.24, 2.45) is 0 Å². The zero-order valence-electron chi connectivity index (χ0n) is 21.0. The van der Waals surface area contributed by atoms with Crippen molar-refractivity contribution in [1.29, 1.82) is 0 Å². The van der Waals surface area contributed by atoms with E-state index in [1.165, 1.54) is 6.07 Å². The Kier molecular flexibility index (Phi) is 8.67. The van der Waals surface area contributed by atoms with Gasteiger partial charge < -0.3 is 9.47 Å². The van der Waals surface area contributed by atoms with E-state index in [0.717, 1.165) is 24.1 Å². The summed E-state index contributed by atoms with van der Waals surface area (Å²) in [6.07, 6.45) is -3.36. The van der Waals surface area contributed by atoms with E-state index in [0.29, 0.717) is 47.1 Å². The third kappa shape index (κ3) is 7.22. The van der Waals surface area contributed by atoms with Gasteiger partial charge in [-0.1, -0.05) is 43.3 Å². The molecule has 0 saturated carbocycles. The molecule has 0 aliphatic rings. The molecule has 0 amide bonds. The molecule has 0 aliphatic carbocycles. The Labute approximate surface area is 221 Å². The quantitative estimate of drug-likeness (QED) is 0.184. The molecule has 0 spiro atoms. The van der Waals surface area contributed by atoms with Gasteiger partial charge in [0.25, 0.3) is 0 Å². The molecule has 206 valence electrons. The van der Waals surface area contributed by atoms with Crippen molar-refractivity contribution in [3.63, 3.8) is 0 Å². The summed E-state index contributed by atoms with van der Waals surface area (Å²) in [5.41, 5.74) is 1.80. The normalized spacial score (nSPS) is 11.7. The fraction of sp³-hybridized carbons (Fsp3) is 0.267. The summed E-state index contributed by atoms with van der Waals surface area (Å²) in [6.45, 7) is 2.48. The molecular formula is C30H25F7O2. The number of rotatable bonds is 10. The number of benzene rings is 4. The van der Waals surface area contributed by atoms with E-state index in [-0.39, 0.29) is 24.2 Å². The van der Waals surface area contributed by atoms with Crippen LogP contribution in [0, 0.1) is 23.3 Å². The number of halogens is 7. The van der Waals surface area contributed by atoms with E-state index in [4.69, 9.17) is 4.74 Å². The number of aryl methyl sites for hydroxylation is 4. The Morgan fingerprint density at radius 1 is 0.667 bits per heavy atom. The number of hydrogen-bond acceptors (Lipinski definition) is 2. The van der Waals surface area contributed by atoms with Crippen LogP contribution in [-0.4, -0.2) is 13.0 Å². The predicted molar refractivity (Wildman–Crippen MR) is 134 cm³/mol. The van der Waals surface area contributed by atoms with Crippen molar-refractivity contribution in [2.75, 3.05) is 6.61 Å². The van der Waals surface area contributed by atoms with Crippen molar-refractivity contribution < 1.29 is 40.2 Å². The smallest absolute Gasteiger partial charge is 0.494 e. The molecule has 9 heteroatoms. The fourth-order valence-corrected chi connectivity index (χ4v) is 4.30. The third-order valence-corrected chi connectivity index (χ3v) is 6.24. The zero-order valence-corrected chi connectivity index (χ0v) is 21.0. The molecule has 0 atom stereocenters. The van der Waals surface area contributed by atoms with E-state index < -0.39 is 29.6 Å². The summed E-state index contributed by atoms with van der Waals surface area (Å²) >= 11 is 0. The lowest BCUT2D eigenvalue weighted by Gasteiger charge is -2.12. The summed E-state index contributed by atoms with van der Waals surface area (Å²) in [4.78, 5) is 0. The van der Waals surface area contributed by atoms with Gasteiger partial charge in [-0.25, -0.2) is 17.6 Å². The second-order valence-corrected chi connectivity index (χ2v) is 9.13. The molecule has 0 saturated heterocycles. The SMILES string of the molecule is CCCOc1ccc(CCc2ccc3c(F)c(CCc4cc(F)c(OC(F)(F)F)c(F)c4)ccc3c2)c(F)c1. The Bertz CT molecular complexity index is 1440. The molecular weight excluding hydrogens is 525 g/mol. The van der Waals surface area contributed by atoms with Crippen LogP contribution in [-0.2, 0) is 25.7 Å². The molecule has 0 heterocycles. The summed E-state index contributed by atoms with van der Waals surface area (Å²) in [5.74, 6) is -4.87. The van der Waals surface area contributed by atoms with Crippen molar-refractivity contribution >= 4 is 10.8 Å². The van der Waals surface area contributed by atoms with Crippen molar-refractivity contribution in [2.45, 2.75) is 45.4 Å². The van der Waals surface area contributed by atoms with E-state index in [1.54, 1.807) is 36.4 Å². The van der Waals surface area contributed by atoms with Gasteiger partial charge in [-0.2, -0.15) is 0 Å². The highest BCUT2D eigenvalue weighted by Gasteiger charge is 2.34. The second kappa shape index (κ2) is 12.0. The van der Waals surface area contributed by atoms with Gasteiger partial charge in [0.2, 0.25) is 5.75 Å². The van der Waals surface area contributed by atoms with Gasteiger partial charge in [-0.05, 0) is 77.9 Å². The Morgan fingerprint density at radius 2 is 1.33 bits per heavy atom. The third-order valence-electron chi connectivity index (χ3n) is 6.24. The number of alkyl halides is 3. The minimum absolute atomic E-state index is 0.00547. The highest BCUT2D eigenvalue weighted by atomic mass is 19.4. The molecule has 39 heavy (non-hydrogen) atoms. The molecule has 0 aliphatic heterocycles. The maximum atomic E-state index is 15.2. The van der Waals surface area contributed by atoms with Gasteiger partial charge in [0.05, 0.1) is 6.61 Å². The van der Waals surface area contributed by atoms with Crippen LogP contribution in [0.25, 0.3) is 10.8 Å². The first kappa shape index (κ1) is 28.3. The molecule has 0 bridgehead atoms. The van der Waals surface area contributed by atoms with Crippen molar-refractivity contribution in [3.05, 3.63) is 106 Å². The first-order valence-electron chi connectivity index (χ1n) is 12.4. The van der Waals surface area contributed by atoms with Crippen molar-refractivity contribution in [1.82, 2.24) is 0 Å². The minimum atomic E-state index is -5.23. The van der Waals surface area contributed by atoms with Crippen LogP contribution in [0.2, 0.25) is 0 Å². The second-order valence-electron chi connectivity index (χ2n) is 9.13. The van der Waals surface area contributed by atoms with Crippen LogP contribution in [0.5, 0.6) is 11.5 Å². The topological polar surface area (TPSA) is 18.5 Å². The predicted octanol–water partition coefficient (Wildman–Crippen LogP) is 8.65. The standard InChI is InChI=1S/C30H25F7O2/c1-2-13-38-23-11-10-20(25(31)17-23)6-3-18-5-12-24-22(14-18)9-8-21(28(24)34)7-4-19-15-26(32)29(27(33)16-19)39-30(35,36)37/h5,8-12,14-17H,2-4,6-7,13H2,1H3. The van der Waals surface area contributed by atoms with Crippen LogP contribution in [0.15, 0.2) is 60.7 Å². The maximum Gasteiger partial charge on any atom is 0.573 e. The Balaban J connectivity index is 1.43. The zero-order chi connectivity index (χ0) is 28.2. The number of hydrogen-bond donors (Lipinski definition) is 0. The van der Waals surface area contributed by atoms with Gasteiger partial charge in [0.15, 0.2) is 11.6 Å². The average Bonchev–Trinajstić information content (AvgIpc) is 2.88. The highest BCUT2D eigenvalue weighted by molar-refractivity contribution is 5.84. The lowest BCUT2D eigenvalue weighted by atomic mass is 9.97. The number of fused-ring (bicyclic) bond motifs is 1. The molecule has 0 unspecified atom stereocenters. The lowest BCUT2D eigenvalue weighted by molar-refractivity contribution is -0.276. The molecule has 4 rings (SSSR count). The van der Waals surface area contributed by atoms with E-state index >= 15 is 4.39 Å². The van der Waals surface area contributed by atoms with Crippen LogP contribution in [0.1, 0.15) is 35.6 Å². The Hall–Kier alpha value is -3.75. The van der Waals surface area contributed by atoms with Gasteiger partial charge in [0, 0.05) is 11.5 Å². The summed E-state index contributed by atoms with van der Waals surface area (Å²) < 4.78 is 103. The molecule has 0 fully saturated rings. The summed E-state index contributed by atoms with van der Waals surface area (Å²) in [5, 5.41) is 0.995. The fourth-order valence-electron chi connectivity index (χ4n) is 4.30. The van der Waals surface area contributed by atoms with Crippen molar-refractivity contribution in [3.8, 4) is 11.5 Å². The van der Waals surface area contributed by atoms with Crippen LogP contribution in [0.3, 0.4) is 0 Å². The average molecular weight is 551 g/mol. The van der Waals surface area contributed by atoms with E-state index in [9.17, 15) is 26.3 Å². The van der Waals surface area contributed by atoms with Gasteiger partial charge in [0.1, 0.15) is 17.4 Å². The van der Waals surface area contributed by atoms with Gasteiger partial charge >= 0.3 is 6.36 Å². The number of ether oxygens (including phenoxy) is 2. The van der Waals surface area contributed by atoms with E-state index in [2.05, 4.69) is 4.74 Å². The Morgan fingerprint density at radius 3 is 2.00 bits per heavy atom. The van der Waals surface area contributed by atoms with E-state index in [1.807, 2.05) is 13.0 Å². The first-order chi connectivity index (χ1) is 18.5. The van der Waals surface area contributed by atoms with Crippen LogP contribution < -0.4 is 9.47 Å². The lowest BCUT2D eigenvalue weighted by Crippen LogP contribution is -2.19. The van der Waals surface area contributed by atoms with Gasteiger partial charge in [-0.15, -0.1) is 13.2 Å².